The molecule has 0 fully saturated rings. The van der Waals surface area contributed by atoms with Crippen LogP contribution >= 0.6 is 0 Å². The minimum atomic E-state index is -0.612. The summed E-state index contributed by atoms with van der Waals surface area (Å²) in [4.78, 5) is 0. The zero-order chi connectivity index (χ0) is 11.1. The quantitative estimate of drug-likeness (QED) is 0.732. The predicted octanol–water partition coefficient (Wildman–Crippen LogP) is 1.35. The molecule has 3 nitrogen and oxygen atoms in total. The summed E-state index contributed by atoms with van der Waals surface area (Å²) in [6.45, 7) is 0.459. The molecule has 0 saturated heterocycles. The van der Waals surface area contributed by atoms with Crippen molar-refractivity contribution in [2.75, 3.05) is 26.4 Å². The van der Waals surface area contributed by atoms with Gasteiger partial charge in [-0.25, -0.2) is 8.78 Å². The van der Waals surface area contributed by atoms with Crippen LogP contribution in [0.2, 0.25) is 0 Å². The number of hydrogen-bond donors (Lipinski definition) is 1. The summed E-state index contributed by atoms with van der Waals surface area (Å²) in [5, 5.41) is 8.39. The maximum Gasteiger partial charge on any atom is 0.165 e. The normalized spacial score (nSPS) is 10.3. The lowest BCUT2D eigenvalue weighted by Gasteiger charge is -2.07. The predicted molar refractivity (Wildman–Crippen MR) is 49.8 cm³/mol. The molecule has 0 amide bonds. The van der Waals surface area contributed by atoms with Crippen LogP contribution in [-0.2, 0) is 4.74 Å². The zero-order valence-electron chi connectivity index (χ0n) is 8.08. The third-order valence-corrected chi connectivity index (χ3v) is 1.61. The van der Waals surface area contributed by atoms with Crippen molar-refractivity contribution in [3.8, 4) is 5.75 Å². The first-order valence-electron chi connectivity index (χ1n) is 4.50. The van der Waals surface area contributed by atoms with Crippen molar-refractivity contribution in [3.63, 3.8) is 0 Å². The second-order valence-corrected chi connectivity index (χ2v) is 2.76. The minimum Gasteiger partial charge on any atom is -0.488 e. The molecule has 1 aromatic rings. The van der Waals surface area contributed by atoms with Crippen LogP contribution in [0.25, 0.3) is 0 Å². The first-order chi connectivity index (χ1) is 7.24. The standard InChI is InChI=1S/C10H12F2O3/c11-8-1-2-9(12)10(7-8)15-6-5-14-4-3-13/h1-2,7,13H,3-6H2. The average molecular weight is 218 g/mol. The SMILES string of the molecule is OCCOCCOc1cc(F)ccc1F. The van der Waals surface area contributed by atoms with Gasteiger partial charge in [0.1, 0.15) is 12.4 Å². The molecule has 0 atom stereocenters. The summed E-state index contributed by atoms with van der Waals surface area (Å²) < 4.78 is 35.5. The molecule has 0 saturated carbocycles. The molecule has 84 valence electrons. The van der Waals surface area contributed by atoms with Crippen molar-refractivity contribution in [1.82, 2.24) is 0 Å². The summed E-state index contributed by atoms with van der Waals surface area (Å²) in [6.07, 6.45) is 0. The summed E-state index contributed by atoms with van der Waals surface area (Å²) in [5.74, 6) is -1.30. The third kappa shape index (κ3) is 4.22. The Kier molecular flexibility index (Phi) is 5.00. The lowest BCUT2D eigenvalue weighted by Crippen LogP contribution is -2.09. The van der Waals surface area contributed by atoms with E-state index in [0.29, 0.717) is 0 Å². The van der Waals surface area contributed by atoms with Gasteiger partial charge in [-0.2, -0.15) is 0 Å². The van der Waals surface area contributed by atoms with Gasteiger partial charge in [0.05, 0.1) is 19.8 Å². The van der Waals surface area contributed by atoms with E-state index in [1.807, 2.05) is 0 Å². The summed E-state index contributed by atoms with van der Waals surface area (Å²) in [6, 6.07) is 2.99. The highest BCUT2D eigenvalue weighted by atomic mass is 19.1. The van der Waals surface area contributed by atoms with Crippen LogP contribution in [0.5, 0.6) is 5.75 Å². The van der Waals surface area contributed by atoms with Gasteiger partial charge in [0.2, 0.25) is 0 Å². The van der Waals surface area contributed by atoms with E-state index >= 15 is 0 Å². The van der Waals surface area contributed by atoms with Crippen molar-refractivity contribution in [2.24, 2.45) is 0 Å². The Morgan fingerprint density at radius 3 is 2.67 bits per heavy atom. The van der Waals surface area contributed by atoms with E-state index in [-0.39, 0.29) is 32.2 Å². The van der Waals surface area contributed by atoms with Crippen molar-refractivity contribution in [3.05, 3.63) is 29.8 Å². The molecule has 0 spiro atoms. The smallest absolute Gasteiger partial charge is 0.165 e. The molecule has 1 aromatic carbocycles. The number of aliphatic hydroxyl groups excluding tert-OH is 1. The van der Waals surface area contributed by atoms with Crippen LogP contribution in [0.3, 0.4) is 0 Å². The van der Waals surface area contributed by atoms with Crippen molar-refractivity contribution >= 4 is 0 Å². The minimum absolute atomic E-state index is 0.0751. The van der Waals surface area contributed by atoms with Crippen molar-refractivity contribution in [2.45, 2.75) is 0 Å². The van der Waals surface area contributed by atoms with Gasteiger partial charge in [-0.3, -0.25) is 0 Å². The molecule has 0 aliphatic heterocycles. The van der Waals surface area contributed by atoms with Crippen LogP contribution < -0.4 is 4.74 Å². The number of ether oxygens (including phenoxy) is 2. The maximum absolute atomic E-state index is 13.0. The van der Waals surface area contributed by atoms with Crippen LogP contribution in [0.4, 0.5) is 8.78 Å². The van der Waals surface area contributed by atoms with Gasteiger partial charge >= 0.3 is 0 Å². The van der Waals surface area contributed by atoms with Crippen LogP contribution in [0.15, 0.2) is 18.2 Å². The van der Waals surface area contributed by atoms with Gasteiger partial charge in [0.25, 0.3) is 0 Å². The Hall–Kier alpha value is -1.20. The van der Waals surface area contributed by atoms with Crippen molar-refractivity contribution < 1.29 is 23.4 Å². The molecule has 0 radical (unpaired) electrons. The highest BCUT2D eigenvalue weighted by Crippen LogP contribution is 2.17. The Morgan fingerprint density at radius 1 is 1.13 bits per heavy atom. The molecular weight excluding hydrogens is 206 g/mol. The second-order valence-electron chi connectivity index (χ2n) is 2.76. The largest absolute Gasteiger partial charge is 0.488 e. The first-order valence-corrected chi connectivity index (χ1v) is 4.50. The fourth-order valence-electron chi connectivity index (χ4n) is 0.965. The summed E-state index contributed by atoms with van der Waals surface area (Å²) in [5.41, 5.74) is 0. The molecule has 0 heterocycles. The van der Waals surface area contributed by atoms with Gasteiger partial charge in [0, 0.05) is 6.07 Å². The Labute approximate surface area is 86.2 Å². The zero-order valence-corrected chi connectivity index (χ0v) is 8.08. The van der Waals surface area contributed by atoms with Gasteiger partial charge in [-0.05, 0) is 12.1 Å². The lowest BCUT2D eigenvalue weighted by molar-refractivity contribution is 0.0695. The summed E-state index contributed by atoms with van der Waals surface area (Å²) in [7, 11) is 0. The molecule has 0 bridgehead atoms. The average Bonchev–Trinajstić information content (AvgIpc) is 2.23. The van der Waals surface area contributed by atoms with Crippen LogP contribution in [0.1, 0.15) is 0 Å². The fraction of sp³-hybridized carbons (Fsp3) is 0.400. The van der Waals surface area contributed by atoms with Gasteiger partial charge in [0.15, 0.2) is 11.6 Å². The highest BCUT2D eigenvalue weighted by molar-refractivity contribution is 5.24. The Morgan fingerprint density at radius 2 is 1.93 bits per heavy atom. The number of halogens is 2. The Bertz CT molecular complexity index is 305. The maximum atomic E-state index is 13.0. The van der Waals surface area contributed by atoms with E-state index in [1.165, 1.54) is 0 Å². The topological polar surface area (TPSA) is 38.7 Å². The van der Waals surface area contributed by atoms with Crippen LogP contribution in [0, 0.1) is 11.6 Å². The number of aliphatic hydroxyl groups is 1. The number of benzene rings is 1. The molecule has 5 heteroatoms. The molecule has 1 rings (SSSR count). The van der Waals surface area contributed by atoms with E-state index in [0.717, 1.165) is 18.2 Å². The third-order valence-electron chi connectivity index (χ3n) is 1.61. The molecule has 0 aliphatic carbocycles. The fourth-order valence-corrected chi connectivity index (χ4v) is 0.965. The molecule has 15 heavy (non-hydrogen) atoms. The molecular formula is C10H12F2O3. The van der Waals surface area contributed by atoms with E-state index in [1.54, 1.807) is 0 Å². The van der Waals surface area contributed by atoms with E-state index in [9.17, 15) is 8.78 Å². The van der Waals surface area contributed by atoms with Crippen LogP contribution in [-0.4, -0.2) is 31.5 Å². The van der Waals surface area contributed by atoms with Crippen molar-refractivity contribution in [1.29, 1.82) is 0 Å². The van der Waals surface area contributed by atoms with Gasteiger partial charge in [-0.1, -0.05) is 0 Å². The van der Waals surface area contributed by atoms with Gasteiger partial charge < -0.3 is 14.6 Å². The summed E-state index contributed by atoms with van der Waals surface area (Å²) >= 11 is 0. The first kappa shape index (κ1) is 11.9. The van der Waals surface area contributed by atoms with E-state index < -0.39 is 11.6 Å². The lowest BCUT2D eigenvalue weighted by atomic mass is 10.3. The monoisotopic (exact) mass is 218 g/mol. The second kappa shape index (κ2) is 6.31. The molecule has 0 unspecified atom stereocenters. The number of hydrogen-bond acceptors (Lipinski definition) is 3. The number of rotatable bonds is 6. The Balaban J connectivity index is 2.33. The van der Waals surface area contributed by atoms with Gasteiger partial charge in [-0.15, -0.1) is 0 Å². The highest BCUT2D eigenvalue weighted by Gasteiger charge is 2.04. The molecule has 0 aliphatic rings. The molecule has 0 aromatic heterocycles. The van der Waals surface area contributed by atoms with E-state index in [4.69, 9.17) is 14.6 Å². The molecule has 1 N–H and O–H groups in total. The van der Waals surface area contributed by atoms with E-state index in [2.05, 4.69) is 0 Å².